The van der Waals surface area contributed by atoms with Gasteiger partial charge in [-0.15, -0.1) is 0 Å². The number of aromatic nitrogens is 2. The molecule has 2 heterocycles. The number of alkyl halides is 4. The standard InChI is InChI=1S/C30H26ClF5N4O5/c1-15-21(31)10-17-9-19(11-22(44-2)25(17)39-15)28(42)38-14-29(43,30(34,35)36)23-12-18(13-24(37)41)27(45-8-7-32)26(40-23)16-3-5-20(33)6-4-16/h3-6,9-12,43H,7-8,13-14H2,1-2H3,(H2,37,41)(H,38,42)/t29-/m0/s1. The maximum Gasteiger partial charge on any atom is 0.424 e. The van der Waals surface area contributed by atoms with Gasteiger partial charge in [0.1, 0.15) is 41.8 Å². The highest BCUT2D eigenvalue weighted by atomic mass is 35.5. The smallest absolute Gasteiger partial charge is 0.424 e. The largest absolute Gasteiger partial charge is 0.494 e. The number of hydrogen-bond acceptors (Lipinski definition) is 7. The SMILES string of the molecule is COc1cc(C(=O)NC[C@](O)(c2cc(CC(N)=O)c(OCCF)c(-c3ccc(F)cc3)n2)C(F)(F)F)cc2cc(Cl)c(C)nc12. The second kappa shape index (κ2) is 13.2. The quantitative estimate of drug-likeness (QED) is 0.195. The van der Waals surface area contributed by atoms with Crippen molar-refractivity contribution in [2.24, 2.45) is 5.73 Å². The number of nitrogens with zero attached hydrogens (tertiary/aromatic N) is 2. The van der Waals surface area contributed by atoms with Gasteiger partial charge >= 0.3 is 6.18 Å². The molecule has 2 amide bonds. The molecule has 0 aliphatic rings. The molecule has 4 aromatic rings. The molecule has 0 radical (unpaired) electrons. The molecule has 0 aliphatic heterocycles. The monoisotopic (exact) mass is 652 g/mol. The van der Waals surface area contributed by atoms with E-state index in [9.17, 15) is 36.6 Å². The molecular weight excluding hydrogens is 627 g/mol. The number of pyridine rings is 2. The number of rotatable bonds is 11. The van der Waals surface area contributed by atoms with E-state index in [2.05, 4.69) is 15.3 Å². The minimum Gasteiger partial charge on any atom is -0.494 e. The highest BCUT2D eigenvalue weighted by Gasteiger charge is 2.56. The van der Waals surface area contributed by atoms with E-state index in [0.29, 0.717) is 16.6 Å². The number of hydrogen-bond donors (Lipinski definition) is 3. The number of carbonyl (C=O) groups is 2. The third-order valence-corrected chi connectivity index (χ3v) is 7.13. The number of amides is 2. The third-order valence-electron chi connectivity index (χ3n) is 6.75. The molecule has 2 aromatic heterocycles. The van der Waals surface area contributed by atoms with Gasteiger partial charge in [0.2, 0.25) is 11.5 Å². The summed E-state index contributed by atoms with van der Waals surface area (Å²) in [6, 6.07) is 9.17. The summed E-state index contributed by atoms with van der Waals surface area (Å²) in [5.74, 6) is -2.82. The van der Waals surface area contributed by atoms with Crippen LogP contribution >= 0.6 is 11.6 Å². The molecule has 2 aromatic carbocycles. The van der Waals surface area contributed by atoms with Gasteiger partial charge in [-0.25, -0.2) is 18.7 Å². The Balaban J connectivity index is 1.81. The number of nitrogens with one attached hydrogen (secondary N) is 1. The molecule has 0 aliphatic carbocycles. The van der Waals surface area contributed by atoms with Crippen molar-refractivity contribution >= 4 is 34.3 Å². The van der Waals surface area contributed by atoms with Crippen LogP contribution in [0.15, 0.2) is 48.5 Å². The van der Waals surface area contributed by atoms with Gasteiger partial charge in [-0.3, -0.25) is 9.59 Å². The van der Waals surface area contributed by atoms with Crippen LogP contribution in [0.1, 0.15) is 27.3 Å². The summed E-state index contributed by atoms with van der Waals surface area (Å²) >= 11 is 6.16. The molecule has 1 atom stereocenters. The van der Waals surface area contributed by atoms with Gasteiger partial charge in [0.05, 0.1) is 36.5 Å². The van der Waals surface area contributed by atoms with E-state index in [-0.39, 0.29) is 38.9 Å². The predicted molar refractivity (Wildman–Crippen MR) is 154 cm³/mol. The van der Waals surface area contributed by atoms with Gasteiger partial charge in [0.25, 0.3) is 5.91 Å². The van der Waals surface area contributed by atoms with Crippen LogP contribution in [-0.2, 0) is 16.8 Å². The molecule has 0 saturated carbocycles. The van der Waals surface area contributed by atoms with Gasteiger partial charge in [-0.1, -0.05) is 11.6 Å². The van der Waals surface area contributed by atoms with Crippen LogP contribution in [0.4, 0.5) is 22.0 Å². The second-order valence-corrected chi connectivity index (χ2v) is 10.3. The van der Waals surface area contributed by atoms with Gasteiger partial charge in [-0.05, 0) is 55.5 Å². The highest BCUT2D eigenvalue weighted by Crippen LogP contribution is 2.42. The topological polar surface area (TPSA) is 137 Å². The van der Waals surface area contributed by atoms with E-state index in [1.165, 1.54) is 37.4 Å². The average Bonchev–Trinajstić information content (AvgIpc) is 2.98. The van der Waals surface area contributed by atoms with Crippen molar-refractivity contribution in [3.63, 3.8) is 0 Å². The van der Waals surface area contributed by atoms with Crippen LogP contribution in [0.3, 0.4) is 0 Å². The van der Waals surface area contributed by atoms with Crippen LogP contribution in [0, 0.1) is 12.7 Å². The molecule has 0 saturated heterocycles. The fourth-order valence-corrected chi connectivity index (χ4v) is 4.64. The van der Waals surface area contributed by atoms with E-state index in [1.54, 1.807) is 6.92 Å². The number of fused-ring (bicyclic) bond motifs is 1. The minimum absolute atomic E-state index is 0.0251. The Hall–Kier alpha value is -4.56. The van der Waals surface area contributed by atoms with Crippen molar-refractivity contribution in [3.8, 4) is 22.8 Å². The zero-order valence-electron chi connectivity index (χ0n) is 23.8. The second-order valence-electron chi connectivity index (χ2n) is 9.88. The van der Waals surface area contributed by atoms with E-state index < -0.39 is 61.3 Å². The first kappa shape index (κ1) is 33.3. The van der Waals surface area contributed by atoms with Crippen molar-refractivity contribution in [1.29, 1.82) is 0 Å². The van der Waals surface area contributed by atoms with Gasteiger partial charge < -0.3 is 25.6 Å². The molecule has 4 N–H and O–H groups in total. The minimum atomic E-state index is -5.44. The first-order chi connectivity index (χ1) is 21.2. The van der Waals surface area contributed by atoms with Crippen LogP contribution in [0.5, 0.6) is 11.5 Å². The van der Waals surface area contributed by atoms with Crippen LogP contribution in [0.25, 0.3) is 22.2 Å². The summed E-state index contributed by atoms with van der Waals surface area (Å²) in [5.41, 5.74) is 0.574. The Morgan fingerprint density at radius 3 is 2.38 bits per heavy atom. The fourth-order valence-electron chi connectivity index (χ4n) is 4.48. The summed E-state index contributed by atoms with van der Waals surface area (Å²) < 4.78 is 81.3. The molecule has 0 bridgehead atoms. The number of aryl methyl sites for hydroxylation is 1. The van der Waals surface area contributed by atoms with Crippen molar-refractivity contribution < 1.29 is 46.1 Å². The van der Waals surface area contributed by atoms with Gasteiger partial charge in [0.15, 0.2) is 0 Å². The number of nitrogens with two attached hydrogens (primary N) is 1. The molecule has 15 heteroatoms. The summed E-state index contributed by atoms with van der Waals surface area (Å²) in [6.07, 6.45) is -6.12. The van der Waals surface area contributed by atoms with Crippen molar-refractivity contribution in [3.05, 3.63) is 81.9 Å². The zero-order chi connectivity index (χ0) is 33.1. The van der Waals surface area contributed by atoms with Gasteiger partial charge in [-0.2, -0.15) is 13.2 Å². The lowest BCUT2D eigenvalue weighted by molar-refractivity contribution is -0.265. The Kier molecular flexibility index (Phi) is 9.78. The lowest BCUT2D eigenvalue weighted by Gasteiger charge is -2.31. The average molecular weight is 653 g/mol. The van der Waals surface area contributed by atoms with E-state index >= 15 is 0 Å². The van der Waals surface area contributed by atoms with Crippen LogP contribution < -0.4 is 20.5 Å². The normalized spacial score (nSPS) is 12.9. The predicted octanol–water partition coefficient (Wildman–Crippen LogP) is 4.96. The summed E-state index contributed by atoms with van der Waals surface area (Å²) in [4.78, 5) is 33.3. The fraction of sp³-hybridized carbons (Fsp3) is 0.267. The molecule has 0 fully saturated rings. The van der Waals surface area contributed by atoms with Crippen molar-refractivity contribution in [2.45, 2.75) is 25.1 Å². The van der Waals surface area contributed by atoms with Crippen molar-refractivity contribution in [2.75, 3.05) is 26.9 Å². The van der Waals surface area contributed by atoms with Gasteiger partial charge in [0, 0.05) is 22.1 Å². The lowest BCUT2D eigenvalue weighted by Crippen LogP contribution is -2.51. The number of halogens is 6. The first-order valence-corrected chi connectivity index (χ1v) is 13.6. The van der Waals surface area contributed by atoms with Crippen LogP contribution in [-0.4, -0.2) is 60.0 Å². The van der Waals surface area contributed by atoms with Crippen molar-refractivity contribution in [1.82, 2.24) is 15.3 Å². The Bertz CT molecular complexity index is 1750. The number of carbonyl (C=O) groups excluding carboxylic acids is 2. The zero-order valence-corrected chi connectivity index (χ0v) is 24.5. The van der Waals surface area contributed by atoms with Crippen LogP contribution in [0.2, 0.25) is 5.02 Å². The maximum absolute atomic E-state index is 14.6. The molecule has 238 valence electrons. The molecule has 4 rings (SSSR count). The first-order valence-electron chi connectivity index (χ1n) is 13.2. The Morgan fingerprint density at radius 1 is 1.09 bits per heavy atom. The third kappa shape index (κ3) is 7.07. The Labute approximate surface area is 258 Å². The molecule has 0 spiro atoms. The summed E-state index contributed by atoms with van der Waals surface area (Å²) in [7, 11) is 1.32. The number of ether oxygens (including phenoxy) is 2. The number of methoxy groups -OCH3 is 1. The van der Waals surface area contributed by atoms with E-state index in [4.69, 9.17) is 26.8 Å². The number of primary amides is 1. The molecule has 45 heavy (non-hydrogen) atoms. The summed E-state index contributed by atoms with van der Waals surface area (Å²) in [6.45, 7) is -1.33. The molecule has 0 unspecified atom stereocenters. The number of aliphatic hydroxyl groups is 1. The number of benzene rings is 2. The van der Waals surface area contributed by atoms with E-state index in [0.717, 1.165) is 18.2 Å². The lowest BCUT2D eigenvalue weighted by atomic mass is 9.93. The maximum atomic E-state index is 14.6. The molecular formula is C30H26ClF5N4O5. The highest BCUT2D eigenvalue weighted by molar-refractivity contribution is 6.31. The Morgan fingerprint density at radius 2 is 1.78 bits per heavy atom. The molecule has 9 nitrogen and oxygen atoms in total. The summed E-state index contributed by atoms with van der Waals surface area (Å²) in [5, 5.41) is 13.9. The van der Waals surface area contributed by atoms with E-state index in [1.807, 2.05) is 0 Å².